The van der Waals surface area contributed by atoms with E-state index in [1.165, 1.54) is 37.3 Å². The lowest BCUT2D eigenvalue weighted by molar-refractivity contribution is 0.380. The summed E-state index contributed by atoms with van der Waals surface area (Å²) >= 11 is 1.38. The number of amidine groups is 1. The van der Waals surface area contributed by atoms with E-state index in [2.05, 4.69) is 20.1 Å². The van der Waals surface area contributed by atoms with Gasteiger partial charge in [0.2, 0.25) is 0 Å². The minimum absolute atomic E-state index is 0.133. The third-order valence-corrected chi connectivity index (χ3v) is 6.39. The van der Waals surface area contributed by atoms with E-state index in [4.69, 9.17) is 15.0 Å². The summed E-state index contributed by atoms with van der Waals surface area (Å²) in [4.78, 5) is 12.6. The molecule has 2 aromatic heterocycles. The van der Waals surface area contributed by atoms with Gasteiger partial charge in [-0.1, -0.05) is 16.9 Å². The van der Waals surface area contributed by atoms with Crippen LogP contribution in [0.15, 0.2) is 34.0 Å². The van der Waals surface area contributed by atoms with Gasteiger partial charge >= 0.3 is 6.01 Å². The first-order valence-electron chi connectivity index (χ1n) is 9.52. The highest BCUT2D eigenvalue weighted by molar-refractivity contribution is 8.14. The van der Waals surface area contributed by atoms with Crippen LogP contribution in [0.1, 0.15) is 41.2 Å². The van der Waals surface area contributed by atoms with Gasteiger partial charge in [-0.05, 0) is 33.3 Å². The van der Waals surface area contributed by atoms with Crippen molar-refractivity contribution in [1.82, 2.24) is 15.1 Å². The minimum Gasteiger partial charge on any atom is -0.467 e. The highest BCUT2D eigenvalue weighted by Crippen LogP contribution is 2.49. The van der Waals surface area contributed by atoms with Gasteiger partial charge in [0.05, 0.1) is 18.3 Å². The summed E-state index contributed by atoms with van der Waals surface area (Å²) in [5.41, 5.74) is 7.59. The average molecular weight is 445 g/mol. The normalized spacial score (nSPS) is 21.1. The van der Waals surface area contributed by atoms with E-state index in [-0.39, 0.29) is 22.4 Å². The SMILES string of the molecule is COc1ncc(-c2cc(C3(C)CC(c4c(C)noc4C)SC(N)=N3)c(F)cc2F)cn1. The number of methoxy groups -OCH3 is 1. The molecule has 3 aromatic rings. The van der Waals surface area contributed by atoms with Crippen molar-refractivity contribution < 1.29 is 18.0 Å². The van der Waals surface area contributed by atoms with Crippen LogP contribution < -0.4 is 10.5 Å². The lowest BCUT2D eigenvalue weighted by Crippen LogP contribution is -2.31. The number of aliphatic imine (C=N–C) groups is 1. The van der Waals surface area contributed by atoms with Crippen molar-refractivity contribution in [2.75, 3.05) is 7.11 Å². The molecule has 0 spiro atoms. The fourth-order valence-corrected chi connectivity index (χ4v) is 5.30. The third-order valence-electron chi connectivity index (χ3n) is 5.37. The number of aromatic nitrogens is 3. The molecule has 31 heavy (non-hydrogen) atoms. The van der Waals surface area contributed by atoms with E-state index < -0.39 is 17.2 Å². The van der Waals surface area contributed by atoms with E-state index >= 15 is 4.39 Å². The number of nitrogens with two attached hydrogens (primary N) is 1. The maximum atomic E-state index is 15.0. The Morgan fingerprint density at radius 2 is 1.90 bits per heavy atom. The van der Waals surface area contributed by atoms with E-state index in [0.717, 1.165) is 17.3 Å². The molecule has 7 nitrogen and oxygen atoms in total. The number of rotatable bonds is 4. The van der Waals surface area contributed by atoms with E-state index in [9.17, 15) is 4.39 Å². The molecule has 1 aliphatic rings. The fraction of sp³-hybridized carbons (Fsp3) is 0.333. The van der Waals surface area contributed by atoms with Gasteiger partial charge in [0, 0.05) is 46.0 Å². The summed E-state index contributed by atoms with van der Waals surface area (Å²) < 4.78 is 39.9. The molecule has 3 heterocycles. The van der Waals surface area contributed by atoms with Crippen molar-refractivity contribution in [2.24, 2.45) is 10.7 Å². The molecule has 0 amide bonds. The second-order valence-electron chi connectivity index (χ2n) is 7.54. The summed E-state index contributed by atoms with van der Waals surface area (Å²) in [6, 6.07) is 2.47. The van der Waals surface area contributed by atoms with Crippen molar-refractivity contribution in [1.29, 1.82) is 0 Å². The predicted octanol–water partition coefficient (Wildman–Crippen LogP) is 4.44. The van der Waals surface area contributed by atoms with E-state index in [1.807, 2.05) is 13.8 Å². The van der Waals surface area contributed by atoms with Crippen LogP contribution >= 0.6 is 11.8 Å². The van der Waals surface area contributed by atoms with Gasteiger partial charge in [0.15, 0.2) is 5.17 Å². The highest BCUT2D eigenvalue weighted by atomic mass is 32.2. The number of ether oxygens (including phenoxy) is 1. The molecule has 2 unspecified atom stereocenters. The number of aryl methyl sites for hydroxylation is 2. The van der Waals surface area contributed by atoms with Crippen molar-refractivity contribution in [3.63, 3.8) is 0 Å². The summed E-state index contributed by atoms with van der Waals surface area (Å²) in [6.45, 7) is 5.47. The van der Waals surface area contributed by atoms with E-state index in [1.54, 1.807) is 6.92 Å². The van der Waals surface area contributed by atoms with Crippen molar-refractivity contribution >= 4 is 16.9 Å². The molecule has 4 rings (SSSR count). The van der Waals surface area contributed by atoms with Gasteiger partial charge in [-0.3, -0.25) is 4.99 Å². The zero-order chi connectivity index (χ0) is 22.3. The Kier molecular flexibility index (Phi) is 5.42. The van der Waals surface area contributed by atoms with Crippen LogP contribution in [-0.2, 0) is 5.54 Å². The summed E-state index contributed by atoms with van der Waals surface area (Å²) in [7, 11) is 1.44. The molecule has 0 bridgehead atoms. The van der Waals surface area contributed by atoms with Gasteiger partial charge in [0.1, 0.15) is 17.4 Å². The average Bonchev–Trinajstić information content (AvgIpc) is 3.05. The molecule has 2 N–H and O–H groups in total. The molecule has 162 valence electrons. The molecule has 1 aliphatic heterocycles. The lowest BCUT2D eigenvalue weighted by atomic mass is 9.84. The molecular formula is C21H21F2N5O2S. The molecular weight excluding hydrogens is 424 g/mol. The van der Waals surface area contributed by atoms with Crippen LogP contribution in [0.4, 0.5) is 8.78 Å². The van der Waals surface area contributed by atoms with Crippen LogP contribution in [0.3, 0.4) is 0 Å². The Balaban J connectivity index is 1.79. The number of benzene rings is 1. The van der Waals surface area contributed by atoms with Gasteiger partial charge in [0.25, 0.3) is 0 Å². The Bertz CT molecular complexity index is 1150. The van der Waals surface area contributed by atoms with Crippen molar-refractivity contribution in [3.8, 4) is 17.1 Å². The first-order valence-corrected chi connectivity index (χ1v) is 10.4. The highest BCUT2D eigenvalue weighted by Gasteiger charge is 2.39. The number of thioether (sulfide) groups is 1. The number of hydrogen-bond acceptors (Lipinski definition) is 8. The Labute approximate surface area is 182 Å². The Hall–Kier alpha value is -3.01. The summed E-state index contributed by atoms with van der Waals surface area (Å²) in [5, 5.41) is 4.20. The Morgan fingerprint density at radius 3 is 2.52 bits per heavy atom. The lowest BCUT2D eigenvalue weighted by Gasteiger charge is -2.35. The molecule has 1 aromatic carbocycles. The smallest absolute Gasteiger partial charge is 0.316 e. The van der Waals surface area contributed by atoms with Crippen LogP contribution in [0.2, 0.25) is 0 Å². The molecule has 0 aliphatic carbocycles. The second kappa shape index (κ2) is 7.92. The number of nitrogens with zero attached hydrogens (tertiary/aromatic N) is 4. The molecule has 0 fully saturated rings. The maximum Gasteiger partial charge on any atom is 0.316 e. The van der Waals surface area contributed by atoms with Crippen LogP contribution in [0, 0.1) is 25.5 Å². The van der Waals surface area contributed by atoms with Crippen LogP contribution in [0.25, 0.3) is 11.1 Å². The minimum atomic E-state index is -1.02. The zero-order valence-electron chi connectivity index (χ0n) is 17.4. The van der Waals surface area contributed by atoms with Crippen molar-refractivity contribution in [2.45, 2.75) is 38.0 Å². The topological polar surface area (TPSA) is 99.4 Å². The van der Waals surface area contributed by atoms with Crippen molar-refractivity contribution in [3.05, 3.63) is 58.7 Å². The molecule has 0 saturated carbocycles. The predicted molar refractivity (Wildman–Crippen MR) is 114 cm³/mol. The van der Waals surface area contributed by atoms with Gasteiger partial charge < -0.3 is 15.0 Å². The molecule has 0 saturated heterocycles. The number of halogens is 2. The maximum absolute atomic E-state index is 15.0. The Morgan fingerprint density at radius 1 is 1.19 bits per heavy atom. The first kappa shape index (κ1) is 21.2. The molecule has 10 heteroatoms. The second-order valence-corrected chi connectivity index (χ2v) is 8.77. The fourth-order valence-electron chi connectivity index (χ4n) is 3.89. The van der Waals surface area contributed by atoms with Gasteiger partial charge in [-0.25, -0.2) is 18.7 Å². The summed E-state index contributed by atoms with van der Waals surface area (Å²) in [6.07, 6.45) is 3.28. The molecule has 0 radical (unpaired) electrons. The van der Waals surface area contributed by atoms with Crippen LogP contribution in [-0.4, -0.2) is 27.4 Å². The van der Waals surface area contributed by atoms with E-state index in [0.29, 0.717) is 22.9 Å². The number of hydrogen-bond donors (Lipinski definition) is 1. The monoisotopic (exact) mass is 445 g/mol. The summed E-state index contributed by atoms with van der Waals surface area (Å²) in [5.74, 6) is -0.732. The molecule has 2 atom stereocenters. The zero-order valence-corrected chi connectivity index (χ0v) is 18.3. The standard InChI is InChI=1S/C21H21F2N5O2S/c1-10-18(11(2)30-28-10)17-7-21(3,27-19(24)31-17)14-5-13(15(22)6-16(14)23)12-8-25-20(29-4)26-9-12/h5-6,8-9,17H,7H2,1-4H3,(H2,24,27). The quantitative estimate of drug-likeness (QED) is 0.634. The first-order chi connectivity index (χ1) is 14.7. The third kappa shape index (κ3) is 3.87. The van der Waals surface area contributed by atoms with Gasteiger partial charge in [-0.15, -0.1) is 0 Å². The van der Waals surface area contributed by atoms with Crippen LogP contribution in [0.5, 0.6) is 6.01 Å². The van der Waals surface area contributed by atoms with Gasteiger partial charge in [-0.2, -0.15) is 0 Å². The largest absolute Gasteiger partial charge is 0.467 e.